The maximum Gasteiger partial charge on any atom is 0.333 e. The fourth-order valence-corrected chi connectivity index (χ4v) is 4.25. The monoisotopic (exact) mass is 466 g/mol. The molecule has 0 spiro atoms. The second kappa shape index (κ2) is 20.3. The van der Waals surface area contributed by atoms with Gasteiger partial charge in [-0.05, 0) is 42.2 Å². The first-order valence-electron chi connectivity index (χ1n) is 13.9. The molecule has 0 aliphatic heterocycles. The highest BCUT2D eigenvalue weighted by Gasteiger charge is 2.07. The van der Waals surface area contributed by atoms with E-state index >= 15 is 0 Å². The van der Waals surface area contributed by atoms with Gasteiger partial charge in [-0.25, -0.2) is 4.79 Å². The molecular weight excluding hydrogens is 416 g/mol. The molecule has 0 atom stereocenters. The second-order valence-corrected chi connectivity index (χ2v) is 9.56. The van der Waals surface area contributed by atoms with Crippen LogP contribution < -0.4 is 0 Å². The molecule has 0 N–H and O–H groups in total. The van der Waals surface area contributed by atoms with Crippen molar-refractivity contribution in [1.29, 1.82) is 0 Å². The van der Waals surface area contributed by atoms with Crippen molar-refractivity contribution in [3.05, 3.63) is 53.6 Å². The first kappa shape index (κ1) is 29.9. The molecule has 0 aromatic heterocycles. The minimum absolute atomic E-state index is 0.233. The number of unbranched alkanes of at least 4 members (excludes halogenated alkanes) is 15. The minimum Gasteiger partial charge on any atom is -0.462 e. The third kappa shape index (κ3) is 14.2. The summed E-state index contributed by atoms with van der Waals surface area (Å²) < 4.78 is 5.46. The third-order valence-electron chi connectivity index (χ3n) is 6.49. The normalized spacial score (nSPS) is 11.4. The van der Waals surface area contributed by atoms with E-state index in [2.05, 4.69) is 20.1 Å². The number of hydrogen-bond acceptors (Lipinski definition) is 2. The minimum atomic E-state index is -0.233. The zero-order valence-electron chi connectivity index (χ0n) is 22.2. The van der Waals surface area contributed by atoms with E-state index in [1.54, 1.807) is 12.2 Å². The predicted octanol–water partition coefficient (Wildman–Crippen LogP) is 10.2. The molecule has 2 heteroatoms. The second-order valence-electron chi connectivity index (χ2n) is 9.56. The molecule has 190 valence electrons. The van der Waals surface area contributed by atoms with Crippen molar-refractivity contribution in [3.63, 3.8) is 0 Å². The van der Waals surface area contributed by atoms with Gasteiger partial charge in [0.15, 0.2) is 0 Å². The van der Waals surface area contributed by atoms with Crippen LogP contribution in [0.1, 0.15) is 133 Å². The van der Waals surface area contributed by atoms with Gasteiger partial charge in [-0.3, -0.25) is 0 Å². The van der Waals surface area contributed by atoms with Crippen LogP contribution in [-0.4, -0.2) is 12.6 Å². The summed E-state index contributed by atoms with van der Waals surface area (Å²) in [4.78, 5) is 12.3. The summed E-state index contributed by atoms with van der Waals surface area (Å²) in [6.07, 6.45) is 26.9. The van der Waals surface area contributed by atoms with Gasteiger partial charge < -0.3 is 4.74 Å². The smallest absolute Gasteiger partial charge is 0.333 e. The molecule has 0 saturated carbocycles. The molecule has 0 aliphatic carbocycles. The maximum absolute atomic E-state index is 12.3. The van der Waals surface area contributed by atoms with Crippen LogP contribution in [0, 0.1) is 0 Å². The highest BCUT2D eigenvalue weighted by Crippen LogP contribution is 2.18. The standard InChI is InChI=1S/C32H50O2/c1-5-8-9-10-11-12-13-14-15-16-17-18-19-20-21-22-25-34-32(33)28(4)26-31-24-23-29(6-2)27-30(31)7-3/h6-7,23-24,26-27H,2-3,5,8-22,25H2,1,4H3/b28-26+. The van der Waals surface area contributed by atoms with Gasteiger partial charge >= 0.3 is 5.97 Å². The first-order chi connectivity index (χ1) is 16.6. The van der Waals surface area contributed by atoms with Crippen molar-refractivity contribution < 1.29 is 9.53 Å². The van der Waals surface area contributed by atoms with Crippen molar-refractivity contribution >= 4 is 24.2 Å². The number of carbonyl (C=O) groups is 1. The van der Waals surface area contributed by atoms with Gasteiger partial charge in [0.25, 0.3) is 0 Å². The lowest BCUT2D eigenvalue weighted by Gasteiger charge is -2.07. The highest BCUT2D eigenvalue weighted by atomic mass is 16.5. The van der Waals surface area contributed by atoms with Crippen molar-refractivity contribution in [2.24, 2.45) is 0 Å². The molecule has 0 aliphatic rings. The van der Waals surface area contributed by atoms with Crippen molar-refractivity contribution in [2.45, 2.75) is 117 Å². The van der Waals surface area contributed by atoms with E-state index in [-0.39, 0.29) is 5.97 Å². The lowest BCUT2D eigenvalue weighted by Crippen LogP contribution is -2.07. The van der Waals surface area contributed by atoms with E-state index in [0.29, 0.717) is 12.2 Å². The maximum atomic E-state index is 12.3. The van der Waals surface area contributed by atoms with Crippen LogP contribution in [0.4, 0.5) is 0 Å². The topological polar surface area (TPSA) is 26.3 Å². The Hall–Kier alpha value is -2.09. The van der Waals surface area contributed by atoms with E-state index < -0.39 is 0 Å². The predicted molar refractivity (Wildman–Crippen MR) is 151 cm³/mol. The van der Waals surface area contributed by atoms with E-state index in [1.165, 1.54) is 89.9 Å². The van der Waals surface area contributed by atoms with Crippen molar-refractivity contribution in [1.82, 2.24) is 0 Å². The zero-order chi connectivity index (χ0) is 24.9. The summed E-state index contributed by atoms with van der Waals surface area (Å²) in [5.74, 6) is -0.233. The molecule has 0 unspecified atom stereocenters. The van der Waals surface area contributed by atoms with E-state index in [1.807, 2.05) is 31.2 Å². The quantitative estimate of drug-likeness (QED) is 0.102. The van der Waals surface area contributed by atoms with E-state index in [9.17, 15) is 4.79 Å². The van der Waals surface area contributed by atoms with Crippen LogP contribution in [0.2, 0.25) is 0 Å². The van der Waals surface area contributed by atoms with Gasteiger partial charge in [-0.15, -0.1) is 0 Å². The molecule has 0 bridgehead atoms. The van der Waals surface area contributed by atoms with Gasteiger partial charge in [-0.1, -0.05) is 141 Å². The average Bonchev–Trinajstić information content (AvgIpc) is 2.85. The Morgan fingerprint density at radius 1 is 0.735 bits per heavy atom. The Bertz CT molecular complexity index is 729. The molecule has 0 saturated heterocycles. The van der Waals surface area contributed by atoms with Crippen molar-refractivity contribution in [3.8, 4) is 0 Å². The number of hydrogen-bond donors (Lipinski definition) is 0. The molecule has 0 fully saturated rings. The van der Waals surface area contributed by atoms with Crippen molar-refractivity contribution in [2.75, 3.05) is 6.61 Å². The molecule has 2 nitrogen and oxygen atoms in total. The van der Waals surface area contributed by atoms with Gasteiger partial charge in [0.05, 0.1) is 6.61 Å². The molecule has 0 amide bonds. The summed E-state index contributed by atoms with van der Waals surface area (Å²) in [7, 11) is 0. The Morgan fingerprint density at radius 2 is 1.24 bits per heavy atom. The number of esters is 1. The van der Waals surface area contributed by atoms with Crippen LogP contribution in [0.25, 0.3) is 18.2 Å². The number of carbonyl (C=O) groups excluding carboxylic acids is 1. The number of ether oxygens (including phenoxy) is 1. The summed E-state index contributed by atoms with van der Waals surface area (Å²) in [6, 6.07) is 5.99. The number of rotatable bonds is 21. The Labute approximate surface area is 210 Å². The number of benzene rings is 1. The van der Waals surface area contributed by atoms with Crippen LogP contribution >= 0.6 is 0 Å². The fraction of sp³-hybridized carbons (Fsp3) is 0.594. The lowest BCUT2D eigenvalue weighted by molar-refractivity contribution is -0.139. The molecule has 0 heterocycles. The Kier molecular flexibility index (Phi) is 17.9. The van der Waals surface area contributed by atoms with Gasteiger partial charge in [0.2, 0.25) is 0 Å². The summed E-state index contributed by atoms with van der Waals surface area (Å²) in [5, 5.41) is 0. The van der Waals surface area contributed by atoms with Crippen LogP contribution in [0.15, 0.2) is 36.9 Å². The Balaban J connectivity index is 2.02. The molecular formula is C32H50O2. The molecule has 0 radical (unpaired) electrons. The molecule has 1 aromatic carbocycles. The average molecular weight is 467 g/mol. The summed E-state index contributed by atoms with van der Waals surface area (Å²) in [5.41, 5.74) is 3.61. The fourth-order valence-electron chi connectivity index (χ4n) is 4.25. The molecule has 34 heavy (non-hydrogen) atoms. The third-order valence-corrected chi connectivity index (χ3v) is 6.49. The van der Waals surface area contributed by atoms with Gasteiger partial charge in [0.1, 0.15) is 0 Å². The zero-order valence-corrected chi connectivity index (χ0v) is 22.2. The lowest BCUT2D eigenvalue weighted by atomic mass is 10.0. The highest BCUT2D eigenvalue weighted by molar-refractivity contribution is 5.93. The van der Waals surface area contributed by atoms with Crippen LogP contribution in [-0.2, 0) is 9.53 Å². The van der Waals surface area contributed by atoms with Crippen LogP contribution in [0.5, 0.6) is 0 Å². The van der Waals surface area contributed by atoms with Gasteiger partial charge in [-0.2, -0.15) is 0 Å². The largest absolute Gasteiger partial charge is 0.462 e. The summed E-state index contributed by atoms with van der Waals surface area (Å²) >= 11 is 0. The van der Waals surface area contributed by atoms with E-state index in [4.69, 9.17) is 4.74 Å². The Morgan fingerprint density at radius 3 is 1.71 bits per heavy atom. The van der Waals surface area contributed by atoms with Crippen LogP contribution in [0.3, 0.4) is 0 Å². The SMILES string of the molecule is C=Cc1ccc(/C=C(\C)C(=O)OCCCCCCCCCCCCCCCCCC)c(C=C)c1. The molecule has 1 rings (SSSR count). The molecule has 1 aromatic rings. The van der Waals surface area contributed by atoms with Gasteiger partial charge in [0, 0.05) is 5.57 Å². The first-order valence-corrected chi connectivity index (χ1v) is 13.9. The summed E-state index contributed by atoms with van der Waals surface area (Å²) in [6.45, 7) is 12.3. The van der Waals surface area contributed by atoms with E-state index in [0.717, 1.165) is 29.5 Å².